The van der Waals surface area contributed by atoms with Crippen molar-refractivity contribution in [2.24, 2.45) is 0 Å². The molecule has 0 aliphatic heterocycles. The van der Waals surface area contributed by atoms with Crippen LogP contribution in [0.5, 0.6) is 0 Å². The van der Waals surface area contributed by atoms with Gasteiger partial charge in [0.05, 0.1) is 11.1 Å². The highest BCUT2D eigenvalue weighted by Crippen LogP contribution is 2.09. The molecule has 0 radical (unpaired) electrons. The highest BCUT2D eigenvalue weighted by Gasteiger charge is 2.31. The zero-order chi connectivity index (χ0) is 19.2. The lowest BCUT2D eigenvalue weighted by molar-refractivity contribution is 0.0614. The van der Waals surface area contributed by atoms with E-state index in [0.717, 1.165) is 11.1 Å². The van der Waals surface area contributed by atoms with Gasteiger partial charge < -0.3 is 9.31 Å². The summed E-state index contributed by atoms with van der Waals surface area (Å²) in [6, 6.07) is 22.9. The highest BCUT2D eigenvalue weighted by atomic mass is 16.6. The molecule has 4 nitrogen and oxygen atoms in total. The predicted molar refractivity (Wildman–Crippen MR) is 105 cm³/mol. The third-order valence-corrected chi connectivity index (χ3v) is 4.07. The lowest BCUT2D eigenvalue weighted by Crippen LogP contribution is -2.40. The van der Waals surface area contributed by atoms with Crippen molar-refractivity contribution in [2.75, 3.05) is 0 Å². The molecule has 3 rings (SSSR count). The Kier molecular flexibility index (Phi) is 5.72. The maximum atomic E-state index is 12.5. The van der Waals surface area contributed by atoms with Crippen molar-refractivity contribution in [3.8, 4) is 0 Å². The van der Waals surface area contributed by atoms with Gasteiger partial charge in [0, 0.05) is 5.46 Å². The van der Waals surface area contributed by atoms with E-state index in [4.69, 9.17) is 9.31 Å². The molecular formula is C22H19BO4. The Morgan fingerprint density at radius 1 is 0.630 bits per heavy atom. The van der Waals surface area contributed by atoms with Crippen molar-refractivity contribution in [3.05, 3.63) is 101 Å². The van der Waals surface area contributed by atoms with E-state index >= 15 is 0 Å². The van der Waals surface area contributed by atoms with Gasteiger partial charge in [0.2, 0.25) is 0 Å². The molecule has 0 aliphatic carbocycles. The Bertz CT molecular complexity index is 859. The number of carbonyl (C=O) groups is 2. The van der Waals surface area contributed by atoms with Gasteiger partial charge in [-0.1, -0.05) is 65.7 Å². The van der Waals surface area contributed by atoms with Gasteiger partial charge in [-0.2, -0.15) is 0 Å². The van der Waals surface area contributed by atoms with Crippen molar-refractivity contribution in [1.29, 1.82) is 0 Å². The Morgan fingerprint density at radius 2 is 1.04 bits per heavy atom. The molecule has 0 spiro atoms. The summed E-state index contributed by atoms with van der Waals surface area (Å²) in [6.07, 6.45) is 0. The van der Waals surface area contributed by atoms with Crippen LogP contribution < -0.4 is 5.46 Å². The van der Waals surface area contributed by atoms with Crippen LogP contribution in [-0.4, -0.2) is 19.1 Å². The second kappa shape index (κ2) is 8.36. The van der Waals surface area contributed by atoms with E-state index in [2.05, 4.69) is 0 Å². The summed E-state index contributed by atoms with van der Waals surface area (Å²) in [5.74, 6) is -1.11. The van der Waals surface area contributed by atoms with Crippen LogP contribution in [0.25, 0.3) is 0 Å². The number of rotatable bonds is 5. The summed E-state index contributed by atoms with van der Waals surface area (Å²) in [5.41, 5.74) is 3.45. The number of carbonyl (C=O) groups excluding carboxylic acids is 2. The molecule has 0 aliphatic rings. The Hall–Kier alpha value is -3.34. The van der Waals surface area contributed by atoms with Gasteiger partial charge in [0.25, 0.3) is 0 Å². The molecule has 3 aromatic rings. The first-order chi connectivity index (χ1) is 13.0. The predicted octanol–water partition coefficient (Wildman–Crippen LogP) is 3.71. The van der Waals surface area contributed by atoms with Crippen molar-refractivity contribution in [1.82, 2.24) is 0 Å². The van der Waals surface area contributed by atoms with Gasteiger partial charge in [-0.05, 0) is 38.1 Å². The van der Waals surface area contributed by atoms with Crippen LogP contribution >= 0.6 is 0 Å². The van der Waals surface area contributed by atoms with Crippen LogP contribution in [0.2, 0.25) is 0 Å². The summed E-state index contributed by atoms with van der Waals surface area (Å²) in [7, 11) is -1.13. The summed E-state index contributed by atoms with van der Waals surface area (Å²) >= 11 is 0. The topological polar surface area (TPSA) is 52.6 Å². The van der Waals surface area contributed by atoms with E-state index in [1.165, 1.54) is 0 Å². The average molecular weight is 358 g/mol. The normalized spacial score (nSPS) is 10.1. The molecule has 0 saturated carbocycles. The first-order valence-corrected chi connectivity index (χ1v) is 8.63. The van der Waals surface area contributed by atoms with Gasteiger partial charge in [-0.3, -0.25) is 0 Å². The van der Waals surface area contributed by atoms with Crippen molar-refractivity contribution in [2.45, 2.75) is 13.8 Å². The lowest BCUT2D eigenvalue weighted by Gasteiger charge is -2.15. The summed E-state index contributed by atoms with van der Waals surface area (Å²) in [5, 5.41) is 0. The molecule has 27 heavy (non-hydrogen) atoms. The number of aryl methyl sites for hydroxylation is 2. The smallest absolute Gasteiger partial charge is 0.492 e. The zero-order valence-corrected chi connectivity index (χ0v) is 15.2. The maximum absolute atomic E-state index is 12.5. The first kappa shape index (κ1) is 18.5. The maximum Gasteiger partial charge on any atom is 0.636 e. The molecular weight excluding hydrogens is 339 g/mol. The Balaban J connectivity index is 1.81. The third-order valence-electron chi connectivity index (χ3n) is 4.07. The first-order valence-electron chi connectivity index (χ1n) is 8.63. The molecule has 0 N–H and O–H groups in total. The van der Waals surface area contributed by atoms with Crippen LogP contribution in [0.15, 0.2) is 78.9 Å². The summed E-state index contributed by atoms with van der Waals surface area (Å²) < 4.78 is 11.0. The van der Waals surface area contributed by atoms with E-state index in [1.807, 2.05) is 44.2 Å². The van der Waals surface area contributed by atoms with Gasteiger partial charge in [-0.25, -0.2) is 9.59 Å². The Labute approximate surface area is 158 Å². The molecule has 134 valence electrons. The molecule has 5 heteroatoms. The number of hydrogen-bond acceptors (Lipinski definition) is 4. The minimum absolute atomic E-state index is 0.396. The van der Waals surface area contributed by atoms with Crippen LogP contribution in [0.4, 0.5) is 0 Å². The van der Waals surface area contributed by atoms with Crippen molar-refractivity contribution in [3.63, 3.8) is 0 Å². The molecule has 3 aromatic carbocycles. The van der Waals surface area contributed by atoms with Crippen LogP contribution in [0.3, 0.4) is 0 Å². The molecule has 0 atom stereocenters. The second-order valence-electron chi connectivity index (χ2n) is 6.29. The van der Waals surface area contributed by atoms with Gasteiger partial charge in [0.1, 0.15) is 0 Å². The highest BCUT2D eigenvalue weighted by molar-refractivity contribution is 6.64. The zero-order valence-electron chi connectivity index (χ0n) is 15.2. The molecule has 0 saturated heterocycles. The SMILES string of the molecule is Cc1ccc(C(=O)OB(OC(=O)c2ccc(C)cc2)c2ccccc2)cc1. The van der Waals surface area contributed by atoms with Crippen LogP contribution in [0.1, 0.15) is 31.8 Å². The minimum atomic E-state index is -1.13. The van der Waals surface area contributed by atoms with E-state index in [1.54, 1.807) is 48.5 Å². The molecule has 0 heterocycles. The quantitative estimate of drug-likeness (QED) is 0.653. The largest absolute Gasteiger partial charge is 0.636 e. The molecule has 0 unspecified atom stereocenters. The van der Waals surface area contributed by atoms with Crippen molar-refractivity contribution >= 4 is 24.5 Å². The average Bonchev–Trinajstić information content (AvgIpc) is 2.69. The number of benzene rings is 3. The van der Waals surface area contributed by atoms with Gasteiger partial charge in [0.15, 0.2) is 0 Å². The van der Waals surface area contributed by atoms with E-state index in [9.17, 15) is 9.59 Å². The standard InChI is InChI=1S/C22H19BO4/c1-16-8-12-18(13-9-16)21(24)26-23(20-6-4-3-5-7-20)27-22(25)19-14-10-17(2)11-15-19/h3-15H,1-2H3. The fourth-order valence-electron chi connectivity index (χ4n) is 2.48. The Morgan fingerprint density at radius 3 is 1.44 bits per heavy atom. The minimum Gasteiger partial charge on any atom is -0.492 e. The fraction of sp³-hybridized carbons (Fsp3) is 0.0909. The third kappa shape index (κ3) is 4.85. The van der Waals surface area contributed by atoms with E-state index < -0.39 is 19.1 Å². The molecule has 0 amide bonds. The fourth-order valence-corrected chi connectivity index (χ4v) is 2.48. The van der Waals surface area contributed by atoms with Crippen LogP contribution in [0, 0.1) is 13.8 Å². The molecule has 0 bridgehead atoms. The van der Waals surface area contributed by atoms with E-state index in [-0.39, 0.29) is 0 Å². The monoisotopic (exact) mass is 358 g/mol. The van der Waals surface area contributed by atoms with Crippen molar-refractivity contribution < 1.29 is 18.9 Å². The lowest BCUT2D eigenvalue weighted by atomic mass is 9.78. The molecule has 0 aromatic heterocycles. The molecule has 0 fully saturated rings. The summed E-state index contributed by atoms with van der Waals surface area (Å²) in [4.78, 5) is 25.0. The van der Waals surface area contributed by atoms with Gasteiger partial charge in [-0.15, -0.1) is 0 Å². The summed E-state index contributed by atoms with van der Waals surface area (Å²) in [6.45, 7) is 3.87. The van der Waals surface area contributed by atoms with E-state index in [0.29, 0.717) is 16.6 Å². The van der Waals surface area contributed by atoms with Crippen LogP contribution in [-0.2, 0) is 9.31 Å². The number of hydrogen-bond donors (Lipinski definition) is 0. The van der Waals surface area contributed by atoms with Gasteiger partial charge >= 0.3 is 19.1 Å². The second-order valence-corrected chi connectivity index (χ2v) is 6.29.